The molecule has 0 aliphatic heterocycles. The first-order valence-electron chi connectivity index (χ1n) is 12.8. The molecule has 1 atom stereocenters. The molecule has 4 aromatic carbocycles. The summed E-state index contributed by atoms with van der Waals surface area (Å²) in [6.45, 7) is 1.72. The van der Waals surface area contributed by atoms with E-state index in [2.05, 4.69) is 31.9 Å². The van der Waals surface area contributed by atoms with E-state index in [-0.39, 0.29) is 17.3 Å². The van der Waals surface area contributed by atoms with Crippen LogP contribution < -0.4 is 20.7 Å². The molecular formula is C32H27BrFN3O4S. The van der Waals surface area contributed by atoms with Crippen molar-refractivity contribution in [3.05, 3.63) is 124 Å². The Hall–Kier alpha value is -4.41. The highest BCUT2D eigenvalue weighted by molar-refractivity contribution is 9.10. The Morgan fingerprint density at radius 3 is 2.29 bits per heavy atom. The molecule has 3 N–H and O–H groups in total. The van der Waals surface area contributed by atoms with E-state index in [1.807, 2.05) is 6.07 Å². The maximum atomic E-state index is 14.1. The minimum Gasteiger partial charge on any atom is -0.496 e. The van der Waals surface area contributed by atoms with Gasteiger partial charge in [-0.25, -0.2) is 4.39 Å². The third-order valence-electron chi connectivity index (χ3n) is 5.95. The molecule has 4 rings (SSSR count). The Kier molecular flexibility index (Phi) is 10.5. The minimum atomic E-state index is -0.533. The van der Waals surface area contributed by atoms with Gasteiger partial charge >= 0.3 is 0 Å². The third kappa shape index (κ3) is 8.31. The maximum Gasteiger partial charge on any atom is 0.272 e. The Morgan fingerprint density at radius 1 is 0.905 bits per heavy atom. The van der Waals surface area contributed by atoms with Crippen LogP contribution in [0, 0.1) is 5.82 Å². The normalized spacial score (nSPS) is 11.8. The first kappa shape index (κ1) is 30.5. The van der Waals surface area contributed by atoms with Crippen molar-refractivity contribution in [2.45, 2.75) is 17.1 Å². The first-order chi connectivity index (χ1) is 20.2. The summed E-state index contributed by atoms with van der Waals surface area (Å²) in [5, 5.41) is 7.60. The molecule has 0 spiro atoms. The molecule has 0 radical (unpaired) electrons. The summed E-state index contributed by atoms with van der Waals surface area (Å²) < 4.78 is 20.1. The molecule has 0 aromatic heterocycles. The van der Waals surface area contributed by atoms with Crippen molar-refractivity contribution in [1.82, 2.24) is 5.32 Å². The smallest absolute Gasteiger partial charge is 0.272 e. The molecule has 4 aromatic rings. The zero-order chi connectivity index (χ0) is 30.1. The molecular weight excluding hydrogens is 621 g/mol. The Morgan fingerprint density at radius 2 is 1.60 bits per heavy atom. The number of para-hydroxylation sites is 1. The fourth-order valence-electron chi connectivity index (χ4n) is 3.78. The van der Waals surface area contributed by atoms with Crippen molar-refractivity contribution in [1.29, 1.82) is 0 Å². The summed E-state index contributed by atoms with van der Waals surface area (Å²) in [5.74, 6) is -1.31. The number of nitrogens with one attached hydrogen (secondary N) is 3. The highest BCUT2D eigenvalue weighted by Crippen LogP contribution is 2.27. The van der Waals surface area contributed by atoms with Crippen LogP contribution in [-0.2, 0) is 9.59 Å². The summed E-state index contributed by atoms with van der Waals surface area (Å²) in [4.78, 5) is 39.6. The van der Waals surface area contributed by atoms with Crippen LogP contribution in [0.3, 0.4) is 0 Å². The van der Waals surface area contributed by atoms with E-state index < -0.39 is 22.9 Å². The molecule has 3 amide bonds. The molecule has 10 heteroatoms. The summed E-state index contributed by atoms with van der Waals surface area (Å²) >= 11 is 4.48. The Balaban J connectivity index is 1.45. The van der Waals surface area contributed by atoms with E-state index in [4.69, 9.17) is 4.74 Å². The van der Waals surface area contributed by atoms with Crippen LogP contribution >= 0.6 is 27.7 Å². The van der Waals surface area contributed by atoms with E-state index >= 15 is 0 Å². The minimum absolute atomic E-state index is 0.0253. The summed E-state index contributed by atoms with van der Waals surface area (Å²) in [6, 6.07) is 27.0. The van der Waals surface area contributed by atoms with Crippen LogP contribution in [0.15, 0.2) is 112 Å². The highest BCUT2D eigenvalue weighted by atomic mass is 79.9. The second kappa shape index (κ2) is 14.5. The molecule has 0 heterocycles. The quantitative estimate of drug-likeness (QED) is 0.126. The van der Waals surface area contributed by atoms with E-state index in [9.17, 15) is 18.8 Å². The van der Waals surface area contributed by atoms with Crippen molar-refractivity contribution in [2.75, 3.05) is 17.7 Å². The van der Waals surface area contributed by atoms with Gasteiger partial charge in [-0.2, -0.15) is 0 Å². The molecule has 0 bridgehead atoms. The van der Waals surface area contributed by atoms with Crippen molar-refractivity contribution in [3.63, 3.8) is 0 Å². The topological polar surface area (TPSA) is 96.5 Å². The van der Waals surface area contributed by atoms with Crippen LogP contribution in [-0.4, -0.2) is 30.1 Å². The van der Waals surface area contributed by atoms with E-state index in [1.54, 1.807) is 91.9 Å². The van der Waals surface area contributed by atoms with Crippen molar-refractivity contribution >= 4 is 62.9 Å². The van der Waals surface area contributed by atoms with Crippen LogP contribution in [0.25, 0.3) is 6.08 Å². The molecule has 0 saturated carbocycles. The Labute approximate surface area is 255 Å². The second-order valence-corrected chi connectivity index (χ2v) is 11.3. The number of benzene rings is 4. The van der Waals surface area contributed by atoms with Gasteiger partial charge in [0.15, 0.2) is 0 Å². The van der Waals surface area contributed by atoms with Gasteiger partial charge in [-0.05, 0) is 73.7 Å². The van der Waals surface area contributed by atoms with Crippen molar-refractivity contribution < 1.29 is 23.5 Å². The van der Waals surface area contributed by atoms with Gasteiger partial charge in [-0.15, -0.1) is 11.8 Å². The number of methoxy groups -OCH3 is 1. The second-order valence-electron chi connectivity index (χ2n) is 8.97. The molecule has 42 heavy (non-hydrogen) atoms. The standard InChI is InChI=1S/C32H27BrFN3O4S/c1-20(30(38)36-27-17-12-23(33)19-26(27)34)42-25-15-13-24(14-16-25)35-32(40)28(18-22-10-6-7-11-29(22)41-2)37-31(39)21-8-4-3-5-9-21/h3-20H,1-2H3,(H,35,40)(H,36,38)(H,37,39)/b28-18-. The van der Waals surface area contributed by atoms with Gasteiger partial charge in [0.1, 0.15) is 17.3 Å². The van der Waals surface area contributed by atoms with E-state index in [1.165, 1.54) is 31.0 Å². The predicted octanol–water partition coefficient (Wildman–Crippen LogP) is 7.13. The van der Waals surface area contributed by atoms with Crippen LogP contribution in [0.5, 0.6) is 5.75 Å². The monoisotopic (exact) mass is 647 g/mol. The molecule has 0 aliphatic carbocycles. The average molecular weight is 649 g/mol. The molecule has 1 unspecified atom stereocenters. The SMILES string of the molecule is COc1ccccc1/C=C(\NC(=O)c1ccccc1)C(=O)Nc1ccc(SC(C)C(=O)Nc2ccc(Br)cc2F)cc1. The maximum absolute atomic E-state index is 14.1. The lowest BCUT2D eigenvalue weighted by Crippen LogP contribution is -2.30. The number of amides is 3. The number of rotatable bonds is 10. The van der Waals surface area contributed by atoms with Crippen molar-refractivity contribution in [3.8, 4) is 5.75 Å². The lowest BCUT2D eigenvalue weighted by Gasteiger charge is -2.14. The molecule has 0 saturated heterocycles. The van der Waals surface area contributed by atoms with Crippen LogP contribution in [0.4, 0.5) is 15.8 Å². The molecule has 214 valence electrons. The summed E-state index contributed by atoms with van der Waals surface area (Å²) in [7, 11) is 1.53. The van der Waals surface area contributed by atoms with Crippen LogP contribution in [0.1, 0.15) is 22.8 Å². The fraction of sp³-hybridized carbons (Fsp3) is 0.0938. The number of anilines is 2. The number of thioether (sulfide) groups is 1. The average Bonchev–Trinajstić information content (AvgIpc) is 2.99. The van der Waals surface area contributed by atoms with Gasteiger partial charge in [0.2, 0.25) is 5.91 Å². The first-order valence-corrected chi connectivity index (χ1v) is 14.5. The van der Waals surface area contributed by atoms with Gasteiger partial charge in [0.25, 0.3) is 11.8 Å². The predicted molar refractivity (Wildman–Crippen MR) is 168 cm³/mol. The van der Waals surface area contributed by atoms with Crippen LogP contribution in [0.2, 0.25) is 0 Å². The molecule has 0 fully saturated rings. The Bertz CT molecular complexity index is 1610. The van der Waals surface area contributed by atoms with E-state index in [0.717, 1.165) is 4.90 Å². The number of hydrogen-bond donors (Lipinski definition) is 3. The largest absolute Gasteiger partial charge is 0.496 e. The number of hydrogen-bond acceptors (Lipinski definition) is 5. The van der Waals surface area contributed by atoms with Gasteiger partial charge in [-0.3, -0.25) is 14.4 Å². The summed E-state index contributed by atoms with van der Waals surface area (Å²) in [5.41, 5.74) is 1.62. The lowest BCUT2D eigenvalue weighted by molar-refractivity contribution is -0.115. The molecule has 0 aliphatic rings. The van der Waals surface area contributed by atoms with Gasteiger partial charge in [-0.1, -0.05) is 52.3 Å². The number of ether oxygens (including phenoxy) is 1. The summed E-state index contributed by atoms with van der Waals surface area (Å²) in [6.07, 6.45) is 1.55. The van der Waals surface area contributed by atoms with Gasteiger partial charge in [0, 0.05) is 26.2 Å². The number of carbonyl (C=O) groups excluding carboxylic acids is 3. The van der Waals surface area contributed by atoms with Crippen molar-refractivity contribution in [2.24, 2.45) is 0 Å². The lowest BCUT2D eigenvalue weighted by atomic mass is 10.1. The third-order valence-corrected chi connectivity index (χ3v) is 7.56. The zero-order valence-corrected chi connectivity index (χ0v) is 25.1. The molecule has 7 nitrogen and oxygen atoms in total. The van der Waals surface area contributed by atoms with Gasteiger partial charge in [0.05, 0.1) is 18.0 Å². The van der Waals surface area contributed by atoms with E-state index in [0.29, 0.717) is 27.0 Å². The number of carbonyl (C=O) groups is 3. The fourth-order valence-corrected chi connectivity index (χ4v) is 4.98. The van der Waals surface area contributed by atoms with Gasteiger partial charge < -0.3 is 20.7 Å². The number of halogens is 2. The zero-order valence-electron chi connectivity index (χ0n) is 22.7. The highest BCUT2D eigenvalue weighted by Gasteiger charge is 2.18.